The molecule has 1 atom stereocenters. The summed E-state index contributed by atoms with van der Waals surface area (Å²) in [6, 6.07) is -0.304. The van der Waals surface area contributed by atoms with Crippen molar-refractivity contribution in [3.05, 3.63) is 24.1 Å². The van der Waals surface area contributed by atoms with Gasteiger partial charge in [0.25, 0.3) is 0 Å². The highest BCUT2D eigenvalue weighted by atomic mass is 16.3. The monoisotopic (exact) mass is 169 g/mol. The van der Waals surface area contributed by atoms with Crippen molar-refractivity contribution in [1.29, 1.82) is 0 Å². The zero-order chi connectivity index (χ0) is 9.14. The van der Waals surface area contributed by atoms with E-state index in [1.54, 1.807) is 0 Å². The molecule has 0 aromatic heterocycles. The summed E-state index contributed by atoms with van der Waals surface area (Å²) in [6.07, 6.45) is 1.54. The van der Waals surface area contributed by atoms with Gasteiger partial charge in [0.1, 0.15) is 5.76 Å². The van der Waals surface area contributed by atoms with Crippen LogP contribution in [0.15, 0.2) is 24.1 Å². The summed E-state index contributed by atoms with van der Waals surface area (Å²) in [5.41, 5.74) is 0.297. The molecule has 1 unspecified atom stereocenters. The second-order valence-electron chi connectivity index (χ2n) is 2.70. The molecule has 0 aromatic carbocycles. The van der Waals surface area contributed by atoms with E-state index in [-0.39, 0.29) is 30.6 Å². The minimum absolute atomic E-state index is 0.113. The van der Waals surface area contributed by atoms with E-state index < -0.39 is 0 Å². The smallest absolute Gasteiger partial charge is 0.160 e. The number of aliphatic hydroxyl groups is 2. The van der Waals surface area contributed by atoms with Gasteiger partial charge in [0.15, 0.2) is 5.78 Å². The second kappa shape index (κ2) is 3.40. The fourth-order valence-corrected chi connectivity index (χ4v) is 1.05. The molecule has 0 aromatic rings. The third kappa shape index (κ3) is 1.85. The van der Waals surface area contributed by atoms with Crippen LogP contribution >= 0.6 is 0 Å². The van der Waals surface area contributed by atoms with Crippen LogP contribution in [0.5, 0.6) is 0 Å². The van der Waals surface area contributed by atoms with E-state index in [0.29, 0.717) is 5.70 Å². The number of hydrogen-bond donors (Lipinski definition) is 3. The van der Waals surface area contributed by atoms with Gasteiger partial charge < -0.3 is 15.5 Å². The molecule has 3 N–H and O–H groups in total. The Morgan fingerprint density at radius 3 is 3.00 bits per heavy atom. The van der Waals surface area contributed by atoms with Crippen molar-refractivity contribution in [2.45, 2.75) is 12.5 Å². The standard InChI is InChI=1S/C8H11NO3/c1-5(11)8-3-7(12)2-6(4-10)9-8/h3,6,9-11H,1-2,4H2. The number of carbonyl (C=O) groups is 1. The van der Waals surface area contributed by atoms with Gasteiger partial charge in [0, 0.05) is 12.5 Å². The lowest BCUT2D eigenvalue weighted by molar-refractivity contribution is -0.115. The molecule has 1 aliphatic heterocycles. The molecule has 0 saturated heterocycles. The minimum atomic E-state index is -0.304. The lowest BCUT2D eigenvalue weighted by Gasteiger charge is -2.22. The van der Waals surface area contributed by atoms with E-state index in [4.69, 9.17) is 10.2 Å². The molecule has 12 heavy (non-hydrogen) atoms. The summed E-state index contributed by atoms with van der Waals surface area (Å²) in [4.78, 5) is 11.0. The van der Waals surface area contributed by atoms with Crippen LogP contribution < -0.4 is 5.32 Å². The summed E-state index contributed by atoms with van der Waals surface area (Å²) in [5.74, 6) is -0.292. The molecule has 0 fully saturated rings. The Morgan fingerprint density at radius 2 is 2.50 bits per heavy atom. The lowest BCUT2D eigenvalue weighted by atomic mass is 10.1. The van der Waals surface area contributed by atoms with Crippen LogP contribution in [0.25, 0.3) is 0 Å². The molecule has 1 aliphatic rings. The van der Waals surface area contributed by atoms with E-state index in [1.807, 2.05) is 0 Å². The zero-order valence-electron chi connectivity index (χ0n) is 6.58. The quantitative estimate of drug-likeness (QED) is 0.503. The largest absolute Gasteiger partial charge is 0.506 e. The molecule has 4 nitrogen and oxygen atoms in total. The second-order valence-corrected chi connectivity index (χ2v) is 2.70. The van der Waals surface area contributed by atoms with Crippen LogP contribution in [0, 0.1) is 0 Å². The maximum Gasteiger partial charge on any atom is 0.160 e. The van der Waals surface area contributed by atoms with Gasteiger partial charge in [-0.2, -0.15) is 0 Å². The summed E-state index contributed by atoms with van der Waals surface area (Å²) >= 11 is 0. The third-order valence-corrected chi connectivity index (χ3v) is 1.64. The summed E-state index contributed by atoms with van der Waals surface area (Å²) in [7, 11) is 0. The molecule has 66 valence electrons. The average molecular weight is 169 g/mol. The summed E-state index contributed by atoms with van der Waals surface area (Å²) in [6.45, 7) is 3.14. The van der Waals surface area contributed by atoms with Gasteiger partial charge in [-0.3, -0.25) is 4.79 Å². The van der Waals surface area contributed by atoms with Crippen molar-refractivity contribution in [2.24, 2.45) is 0 Å². The Morgan fingerprint density at radius 1 is 1.83 bits per heavy atom. The Hall–Kier alpha value is -1.29. The maximum absolute atomic E-state index is 11.0. The van der Waals surface area contributed by atoms with Crippen molar-refractivity contribution in [3.63, 3.8) is 0 Å². The number of aliphatic hydroxyl groups excluding tert-OH is 2. The molecule has 0 bridgehead atoms. The molecule has 0 radical (unpaired) electrons. The zero-order valence-corrected chi connectivity index (χ0v) is 6.58. The van der Waals surface area contributed by atoms with Gasteiger partial charge in [-0.1, -0.05) is 6.58 Å². The Bertz CT molecular complexity index is 245. The molecule has 1 rings (SSSR count). The van der Waals surface area contributed by atoms with Gasteiger partial charge in [0.05, 0.1) is 18.3 Å². The van der Waals surface area contributed by atoms with Crippen molar-refractivity contribution < 1.29 is 15.0 Å². The summed E-state index contributed by atoms with van der Waals surface area (Å²) < 4.78 is 0. The van der Waals surface area contributed by atoms with Crippen LogP contribution in [-0.2, 0) is 4.79 Å². The van der Waals surface area contributed by atoms with E-state index >= 15 is 0 Å². The maximum atomic E-state index is 11.0. The first-order valence-corrected chi connectivity index (χ1v) is 3.63. The number of hydrogen-bond acceptors (Lipinski definition) is 4. The predicted octanol–water partition coefficient (Wildman–Crippen LogP) is -0.135. The van der Waals surface area contributed by atoms with Crippen LogP contribution in [0.3, 0.4) is 0 Å². The molecule has 1 heterocycles. The van der Waals surface area contributed by atoms with E-state index in [9.17, 15) is 4.79 Å². The Balaban J connectivity index is 2.76. The first-order valence-electron chi connectivity index (χ1n) is 3.63. The average Bonchev–Trinajstić information content (AvgIpc) is 2.03. The number of nitrogens with one attached hydrogen (secondary N) is 1. The molecule has 0 spiro atoms. The van der Waals surface area contributed by atoms with Crippen molar-refractivity contribution >= 4 is 5.78 Å². The van der Waals surface area contributed by atoms with Crippen molar-refractivity contribution in [3.8, 4) is 0 Å². The van der Waals surface area contributed by atoms with Crippen molar-refractivity contribution in [1.82, 2.24) is 5.32 Å². The number of ketones is 1. The summed E-state index contributed by atoms with van der Waals surface area (Å²) in [5, 5.41) is 20.5. The normalized spacial score (nSPS) is 22.9. The van der Waals surface area contributed by atoms with Gasteiger partial charge in [-0.05, 0) is 0 Å². The number of allylic oxidation sites excluding steroid dienone is 1. The molecule has 0 aliphatic carbocycles. The molecule has 4 heteroatoms. The molecule has 0 amide bonds. The fraction of sp³-hybridized carbons (Fsp3) is 0.375. The Labute approximate surface area is 70.2 Å². The highest BCUT2D eigenvalue weighted by Gasteiger charge is 2.19. The van der Waals surface area contributed by atoms with Gasteiger partial charge in [-0.15, -0.1) is 0 Å². The van der Waals surface area contributed by atoms with Gasteiger partial charge >= 0.3 is 0 Å². The molecule has 0 saturated carbocycles. The van der Waals surface area contributed by atoms with Crippen molar-refractivity contribution in [2.75, 3.05) is 6.61 Å². The first-order chi connectivity index (χ1) is 5.63. The fourth-order valence-electron chi connectivity index (χ4n) is 1.05. The lowest BCUT2D eigenvalue weighted by Crippen LogP contribution is -2.38. The van der Waals surface area contributed by atoms with E-state index in [2.05, 4.69) is 11.9 Å². The SMILES string of the molecule is C=C(O)C1=CC(=O)CC(CO)N1. The topological polar surface area (TPSA) is 69.6 Å². The van der Waals surface area contributed by atoms with Crippen LogP contribution in [0.4, 0.5) is 0 Å². The van der Waals surface area contributed by atoms with Crippen LogP contribution in [0.1, 0.15) is 6.42 Å². The minimum Gasteiger partial charge on any atom is -0.506 e. The number of carbonyl (C=O) groups excluding carboxylic acids is 1. The highest BCUT2D eigenvalue weighted by molar-refractivity contribution is 5.92. The molecular formula is C8H11NO3. The van der Waals surface area contributed by atoms with Crippen LogP contribution in [0.2, 0.25) is 0 Å². The van der Waals surface area contributed by atoms with Gasteiger partial charge in [-0.25, -0.2) is 0 Å². The van der Waals surface area contributed by atoms with E-state index in [1.165, 1.54) is 6.08 Å². The highest BCUT2D eigenvalue weighted by Crippen LogP contribution is 2.10. The number of rotatable bonds is 2. The van der Waals surface area contributed by atoms with Crippen LogP contribution in [-0.4, -0.2) is 28.6 Å². The molecular weight excluding hydrogens is 158 g/mol. The Kier molecular flexibility index (Phi) is 2.50. The predicted molar refractivity (Wildman–Crippen MR) is 43.5 cm³/mol. The van der Waals surface area contributed by atoms with Gasteiger partial charge in [0.2, 0.25) is 0 Å². The first kappa shape index (κ1) is 8.80. The third-order valence-electron chi connectivity index (χ3n) is 1.64. The van der Waals surface area contributed by atoms with E-state index in [0.717, 1.165) is 0 Å².